The Morgan fingerprint density at radius 1 is 1.00 bits per heavy atom. The maximum Gasteiger partial charge on any atom is 0.246 e. The summed E-state index contributed by atoms with van der Waals surface area (Å²) in [5.74, 6) is 0.306. The predicted octanol–water partition coefficient (Wildman–Crippen LogP) is 3.82. The molecule has 0 saturated carbocycles. The zero-order valence-corrected chi connectivity index (χ0v) is 16.9. The smallest absolute Gasteiger partial charge is 0.246 e. The summed E-state index contributed by atoms with van der Waals surface area (Å²) >= 11 is 12.4. The molecule has 0 spiro atoms. The van der Waals surface area contributed by atoms with Gasteiger partial charge in [0.15, 0.2) is 0 Å². The van der Waals surface area contributed by atoms with E-state index in [2.05, 4.69) is 4.90 Å². The zero-order chi connectivity index (χ0) is 18.9. The molecule has 2 aromatic rings. The van der Waals surface area contributed by atoms with Crippen molar-refractivity contribution < 1.29 is 13.2 Å². The van der Waals surface area contributed by atoms with Gasteiger partial charge in [-0.1, -0.05) is 35.3 Å². The highest BCUT2D eigenvalue weighted by molar-refractivity contribution is 7.89. The predicted molar refractivity (Wildman–Crippen MR) is 105 cm³/mol. The van der Waals surface area contributed by atoms with Crippen LogP contribution in [0.2, 0.25) is 10.0 Å². The van der Waals surface area contributed by atoms with Crippen LogP contribution >= 0.6 is 23.2 Å². The summed E-state index contributed by atoms with van der Waals surface area (Å²) in [4.78, 5) is 2.19. The quantitative estimate of drug-likeness (QED) is 0.762. The third-order valence-electron chi connectivity index (χ3n) is 4.49. The van der Waals surface area contributed by atoms with Gasteiger partial charge in [0, 0.05) is 31.2 Å². The van der Waals surface area contributed by atoms with E-state index in [0.29, 0.717) is 42.0 Å². The molecule has 1 aliphatic rings. The Kier molecular flexibility index (Phi) is 5.67. The number of methoxy groups -OCH3 is 1. The average molecular weight is 415 g/mol. The summed E-state index contributed by atoms with van der Waals surface area (Å²) in [5.41, 5.74) is 1.69. The van der Waals surface area contributed by atoms with E-state index < -0.39 is 10.0 Å². The lowest BCUT2D eigenvalue weighted by Crippen LogP contribution is -2.48. The molecule has 0 unspecified atom stereocenters. The Bertz CT molecular complexity index is 911. The molecular weight excluding hydrogens is 395 g/mol. The van der Waals surface area contributed by atoms with Crippen molar-refractivity contribution in [2.24, 2.45) is 0 Å². The van der Waals surface area contributed by atoms with Crippen molar-refractivity contribution in [2.75, 3.05) is 38.2 Å². The van der Waals surface area contributed by atoms with E-state index in [1.807, 2.05) is 31.2 Å². The molecule has 8 heteroatoms. The number of ether oxygens (including phenoxy) is 1. The van der Waals surface area contributed by atoms with E-state index in [4.69, 9.17) is 27.9 Å². The molecule has 1 fully saturated rings. The fourth-order valence-electron chi connectivity index (χ4n) is 3.01. The first-order valence-electron chi connectivity index (χ1n) is 8.18. The molecule has 140 valence electrons. The van der Waals surface area contributed by atoms with Crippen LogP contribution < -0.4 is 9.64 Å². The number of rotatable bonds is 4. The molecule has 0 N–H and O–H groups in total. The normalized spacial score (nSPS) is 15.9. The number of para-hydroxylation sites is 1. The lowest BCUT2D eigenvalue weighted by molar-refractivity contribution is 0.374. The van der Waals surface area contributed by atoms with Gasteiger partial charge in [0.05, 0.1) is 17.8 Å². The van der Waals surface area contributed by atoms with Crippen molar-refractivity contribution in [3.63, 3.8) is 0 Å². The van der Waals surface area contributed by atoms with Gasteiger partial charge in [0.1, 0.15) is 10.6 Å². The number of sulfonamides is 1. The highest BCUT2D eigenvalue weighted by Crippen LogP contribution is 2.33. The van der Waals surface area contributed by atoms with Gasteiger partial charge in [-0.15, -0.1) is 0 Å². The van der Waals surface area contributed by atoms with Gasteiger partial charge in [0.2, 0.25) is 10.0 Å². The van der Waals surface area contributed by atoms with E-state index >= 15 is 0 Å². The first-order chi connectivity index (χ1) is 12.3. The second kappa shape index (κ2) is 7.64. The molecule has 0 aromatic heterocycles. The van der Waals surface area contributed by atoms with Crippen molar-refractivity contribution in [3.05, 3.63) is 52.0 Å². The van der Waals surface area contributed by atoms with Crippen LogP contribution in [-0.4, -0.2) is 46.0 Å². The second-order valence-electron chi connectivity index (χ2n) is 6.09. The van der Waals surface area contributed by atoms with Gasteiger partial charge in [-0.2, -0.15) is 4.31 Å². The molecule has 0 radical (unpaired) electrons. The van der Waals surface area contributed by atoms with Crippen molar-refractivity contribution in [1.82, 2.24) is 4.31 Å². The Balaban J connectivity index is 1.83. The molecule has 2 aromatic carbocycles. The largest absolute Gasteiger partial charge is 0.495 e. The fourth-order valence-corrected chi connectivity index (χ4v) is 5.08. The topological polar surface area (TPSA) is 49.9 Å². The van der Waals surface area contributed by atoms with Gasteiger partial charge < -0.3 is 9.64 Å². The number of hydrogen-bond acceptors (Lipinski definition) is 4. The number of piperazine rings is 1. The number of hydrogen-bond donors (Lipinski definition) is 0. The summed E-state index contributed by atoms with van der Waals surface area (Å²) in [6.07, 6.45) is 0. The second-order valence-corrected chi connectivity index (χ2v) is 8.82. The first-order valence-corrected chi connectivity index (χ1v) is 10.4. The van der Waals surface area contributed by atoms with Crippen molar-refractivity contribution in [1.29, 1.82) is 0 Å². The fraction of sp³-hybridized carbons (Fsp3) is 0.333. The molecule has 3 rings (SSSR count). The molecule has 5 nitrogen and oxygen atoms in total. The van der Waals surface area contributed by atoms with Gasteiger partial charge in [-0.3, -0.25) is 0 Å². The SMILES string of the molecule is COc1cc(C)c(Cl)cc1S(=O)(=O)N1CCN(c2ccccc2Cl)CC1. The summed E-state index contributed by atoms with van der Waals surface area (Å²) in [6.45, 7) is 3.66. The Hall–Kier alpha value is -1.47. The molecule has 26 heavy (non-hydrogen) atoms. The summed E-state index contributed by atoms with van der Waals surface area (Å²) < 4.78 is 32.9. The molecule has 1 heterocycles. The van der Waals surface area contributed by atoms with Gasteiger partial charge in [-0.05, 0) is 36.8 Å². The van der Waals surface area contributed by atoms with E-state index in [9.17, 15) is 8.42 Å². The molecular formula is C18H20Cl2N2O3S. The van der Waals surface area contributed by atoms with Gasteiger partial charge in [0.25, 0.3) is 0 Å². The van der Waals surface area contributed by atoms with E-state index in [1.165, 1.54) is 17.5 Å². The lowest BCUT2D eigenvalue weighted by Gasteiger charge is -2.36. The van der Waals surface area contributed by atoms with Gasteiger partial charge >= 0.3 is 0 Å². The molecule has 0 bridgehead atoms. The minimum atomic E-state index is -3.70. The molecule has 1 saturated heterocycles. The maximum absolute atomic E-state index is 13.1. The molecule has 0 aliphatic carbocycles. The van der Waals surface area contributed by atoms with Crippen LogP contribution in [0.3, 0.4) is 0 Å². The number of nitrogens with zero attached hydrogens (tertiary/aromatic N) is 2. The average Bonchev–Trinajstić information content (AvgIpc) is 2.64. The standard InChI is InChI=1S/C18H20Cl2N2O3S/c1-13-11-17(25-2)18(12-15(13)20)26(23,24)22-9-7-21(8-10-22)16-6-4-3-5-14(16)19/h3-6,11-12H,7-10H2,1-2H3. The summed E-state index contributed by atoms with van der Waals surface area (Å²) in [5, 5.41) is 1.06. The maximum atomic E-state index is 13.1. The molecule has 0 atom stereocenters. The van der Waals surface area contributed by atoms with Crippen LogP contribution in [0.4, 0.5) is 5.69 Å². The Labute approximate surface area is 164 Å². The van der Waals surface area contributed by atoms with Crippen LogP contribution in [0.5, 0.6) is 5.75 Å². The Morgan fingerprint density at radius 3 is 2.27 bits per heavy atom. The van der Waals surface area contributed by atoms with E-state index in [0.717, 1.165) is 11.3 Å². The lowest BCUT2D eigenvalue weighted by atomic mass is 10.2. The monoisotopic (exact) mass is 414 g/mol. The minimum absolute atomic E-state index is 0.0989. The Morgan fingerprint density at radius 2 is 1.65 bits per heavy atom. The minimum Gasteiger partial charge on any atom is -0.495 e. The number of halogens is 2. The molecule has 0 amide bonds. The third kappa shape index (κ3) is 3.64. The highest BCUT2D eigenvalue weighted by Gasteiger charge is 2.31. The molecule has 1 aliphatic heterocycles. The van der Waals surface area contributed by atoms with Crippen LogP contribution in [-0.2, 0) is 10.0 Å². The van der Waals surface area contributed by atoms with Crippen molar-refractivity contribution >= 4 is 38.9 Å². The van der Waals surface area contributed by atoms with Gasteiger partial charge in [-0.25, -0.2) is 8.42 Å². The van der Waals surface area contributed by atoms with E-state index in [1.54, 1.807) is 6.07 Å². The first kappa shape index (κ1) is 19.3. The number of anilines is 1. The van der Waals surface area contributed by atoms with E-state index in [-0.39, 0.29) is 4.90 Å². The highest BCUT2D eigenvalue weighted by atomic mass is 35.5. The van der Waals surface area contributed by atoms with Crippen molar-refractivity contribution in [2.45, 2.75) is 11.8 Å². The van der Waals surface area contributed by atoms with Crippen LogP contribution in [0.15, 0.2) is 41.3 Å². The van der Waals surface area contributed by atoms with Crippen LogP contribution in [0.25, 0.3) is 0 Å². The number of benzene rings is 2. The van der Waals surface area contributed by atoms with Crippen LogP contribution in [0, 0.1) is 6.92 Å². The summed E-state index contributed by atoms with van der Waals surface area (Å²) in [7, 11) is -2.24. The number of aryl methyl sites for hydroxylation is 1. The van der Waals surface area contributed by atoms with Crippen molar-refractivity contribution in [3.8, 4) is 5.75 Å². The summed E-state index contributed by atoms with van der Waals surface area (Å²) in [6, 6.07) is 10.7. The van der Waals surface area contributed by atoms with Crippen LogP contribution in [0.1, 0.15) is 5.56 Å². The third-order valence-corrected chi connectivity index (χ3v) is 7.14. The zero-order valence-electron chi connectivity index (χ0n) is 14.6.